The molecule has 2 aliphatic heterocycles. The average Bonchev–Trinajstić information content (AvgIpc) is 2.36. The average molecular weight is 241 g/mol. The summed E-state index contributed by atoms with van der Waals surface area (Å²) in [6, 6.07) is 1.04. The Hall–Kier alpha value is -0.160. The van der Waals surface area contributed by atoms with Crippen molar-refractivity contribution < 1.29 is 5.11 Å². The van der Waals surface area contributed by atoms with Crippen LogP contribution in [0.1, 0.15) is 19.3 Å². The summed E-state index contributed by atoms with van der Waals surface area (Å²) in [5.74, 6) is 0.846. The zero-order valence-electron chi connectivity index (χ0n) is 11.2. The molecule has 4 nitrogen and oxygen atoms in total. The number of hydrogen-bond acceptors (Lipinski definition) is 4. The van der Waals surface area contributed by atoms with Crippen LogP contribution in [0.5, 0.6) is 0 Å². The Kier molecular flexibility index (Phi) is 4.79. The van der Waals surface area contributed by atoms with E-state index in [4.69, 9.17) is 0 Å². The van der Waals surface area contributed by atoms with E-state index in [0.29, 0.717) is 0 Å². The number of hydrogen-bond donors (Lipinski definition) is 2. The summed E-state index contributed by atoms with van der Waals surface area (Å²) in [4.78, 5) is 5.07. The monoisotopic (exact) mass is 241 g/mol. The maximum Gasteiger partial charge on any atom is 0.0597 e. The van der Waals surface area contributed by atoms with Crippen LogP contribution in [0.25, 0.3) is 0 Å². The van der Waals surface area contributed by atoms with Crippen molar-refractivity contribution in [3.63, 3.8) is 0 Å². The molecule has 17 heavy (non-hydrogen) atoms. The van der Waals surface area contributed by atoms with Gasteiger partial charge < -0.3 is 20.2 Å². The van der Waals surface area contributed by atoms with Crippen molar-refractivity contribution in [1.82, 2.24) is 15.1 Å². The molecule has 0 aromatic rings. The molecule has 3 atom stereocenters. The van der Waals surface area contributed by atoms with Crippen LogP contribution in [0.2, 0.25) is 0 Å². The van der Waals surface area contributed by atoms with Gasteiger partial charge in [0.2, 0.25) is 0 Å². The summed E-state index contributed by atoms with van der Waals surface area (Å²) in [5, 5.41) is 12.4. The first kappa shape index (κ1) is 13.3. The minimum atomic E-state index is 0.230. The van der Waals surface area contributed by atoms with Gasteiger partial charge in [-0.05, 0) is 52.4 Å². The zero-order chi connectivity index (χ0) is 12.3. The van der Waals surface area contributed by atoms with E-state index in [2.05, 4.69) is 22.2 Å². The molecule has 0 saturated carbocycles. The number of piperidine rings is 2. The molecule has 0 spiro atoms. The molecule has 2 aliphatic rings. The Bertz CT molecular complexity index is 233. The van der Waals surface area contributed by atoms with Gasteiger partial charge in [0.25, 0.3) is 0 Å². The van der Waals surface area contributed by atoms with Crippen LogP contribution >= 0.6 is 0 Å². The van der Waals surface area contributed by atoms with Gasteiger partial charge in [-0.2, -0.15) is 0 Å². The number of fused-ring (bicyclic) bond motifs is 1. The Morgan fingerprint density at radius 3 is 2.88 bits per heavy atom. The molecule has 0 bridgehead atoms. The molecule has 4 heteroatoms. The maximum atomic E-state index is 9.23. The molecule has 2 N–H and O–H groups in total. The lowest BCUT2D eigenvalue weighted by atomic mass is 9.84. The Balaban J connectivity index is 1.84. The second-order valence-corrected chi connectivity index (χ2v) is 5.67. The summed E-state index contributed by atoms with van der Waals surface area (Å²) in [6.45, 7) is 4.90. The number of likely N-dealkylation sites (N-methyl/N-ethyl adjacent to an activating group) is 1. The molecule has 2 heterocycles. The van der Waals surface area contributed by atoms with Crippen molar-refractivity contribution in [1.29, 1.82) is 0 Å². The van der Waals surface area contributed by atoms with Gasteiger partial charge in [-0.3, -0.25) is 0 Å². The standard InChI is InChI=1S/C13H27N3O/c1-14-12(10-17)9-16-7-5-13-11(8-16)4-3-6-15(13)2/h11-14,17H,3-10H2,1-2H3. The summed E-state index contributed by atoms with van der Waals surface area (Å²) >= 11 is 0. The van der Waals surface area contributed by atoms with Gasteiger partial charge in [-0.15, -0.1) is 0 Å². The first-order valence-corrected chi connectivity index (χ1v) is 6.95. The quantitative estimate of drug-likeness (QED) is 0.726. The number of rotatable bonds is 4. The third-order valence-electron chi connectivity index (χ3n) is 4.54. The molecule has 0 aromatic carbocycles. The smallest absolute Gasteiger partial charge is 0.0597 e. The lowest BCUT2D eigenvalue weighted by Crippen LogP contribution is -2.54. The lowest BCUT2D eigenvalue weighted by Gasteiger charge is -2.46. The molecule has 2 saturated heterocycles. The summed E-state index contributed by atoms with van der Waals surface area (Å²) in [6.07, 6.45) is 4.03. The highest BCUT2D eigenvalue weighted by molar-refractivity contribution is 4.90. The molecule has 0 amide bonds. The highest BCUT2D eigenvalue weighted by Gasteiger charge is 2.34. The van der Waals surface area contributed by atoms with Gasteiger partial charge >= 0.3 is 0 Å². The van der Waals surface area contributed by atoms with E-state index in [1.807, 2.05) is 7.05 Å². The van der Waals surface area contributed by atoms with Crippen LogP contribution in [0.4, 0.5) is 0 Å². The molecule has 100 valence electrons. The van der Waals surface area contributed by atoms with E-state index >= 15 is 0 Å². The first-order chi connectivity index (χ1) is 8.24. The van der Waals surface area contributed by atoms with Crippen molar-refractivity contribution >= 4 is 0 Å². The van der Waals surface area contributed by atoms with Crippen LogP contribution in [0, 0.1) is 5.92 Å². The molecule has 2 fully saturated rings. The molecule has 2 rings (SSSR count). The Morgan fingerprint density at radius 2 is 2.18 bits per heavy atom. The highest BCUT2D eigenvalue weighted by Crippen LogP contribution is 2.29. The predicted octanol–water partition coefficient (Wildman–Crippen LogP) is -0.0172. The van der Waals surface area contributed by atoms with E-state index in [0.717, 1.165) is 18.5 Å². The minimum absolute atomic E-state index is 0.230. The van der Waals surface area contributed by atoms with E-state index in [9.17, 15) is 5.11 Å². The fraction of sp³-hybridized carbons (Fsp3) is 1.00. The molecule has 0 aromatic heterocycles. The normalized spacial score (nSPS) is 33.4. The number of likely N-dealkylation sites (tertiary alicyclic amines) is 2. The number of aliphatic hydroxyl groups excluding tert-OH is 1. The number of aliphatic hydroxyl groups is 1. The van der Waals surface area contributed by atoms with Crippen molar-refractivity contribution in [3.05, 3.63) is 0 Å². The van der Waals surface area contributed by atoms with Crippen LogP contribution in [-0.4, -0.2) is 73.9 Å². The number of nitrogens with one attached hydrogen (secondary N) is 1. The van der Waals surface area contributed by atoms with Gasteiger partial charge in [-0.1, -0.05) is 0 Å². The van der Waals surface area contributed by atoms with E-state index in [1.54, 1.807) is 0 Å². The Labute approximate surface area is 105 Å². The lowest BCUT2D eigenvalue weighted by molar-refractivity contribution is 0.0322. The third-order valence-corrected chi connectivity index (χ3v) is 4.54. The maximum absolute atomic E-state index is 9.23. The van der Waals surface area contributed by atoms with E-state index < -0.39 is 0 Å². The fourth-order valence-corrected chi connectivity index (χ4v) is 3.45. The van der Waals surface area contributed by atoms with E-state index in [1.165, 1.54) is 38.9 Å². The van der Waals surface area contributed by atoms with Gasteiger partial charge in [0.05, 0.1) is 6.61 Å². The summed E-state index contributed by atoms with van der Waals surface area (Å²) in [5.41, 5.74) is 0. The van der Waals surface area contributed by atoms with Gasteiger partial charge in [-0.25, -0.2) is 0 Å². The number of nitrogens with zero attached hydrogens (tertiary/aromatic N) is 2. The van der Waals surface area contributed by atoms with Crippen LogP contribution in [0.3, 0.4) is 0 Å². The zero-order valence-corrected chi connectivity index (χ0v) is 11.2. The molecule has 0 aliphatic carbocycles. The van der Waals surface area contributed by atoms with Crippen molar-refractivity contribution in [2.45, 2.75) is 31.3 Å². The van der Waals surface area contributed by atoms with Gasteiger partial charge in [0.15, 0.2) is 0 Å². The molecule has 0 radical (unpaired) electrons. The summed E-state index contributed by atoms with van der Waals surface area (Å²) < 4.78 is 0. The van der Waals surface area contributed by atoms with Crippen LogP contribution < -0.4 is 5.32 Å². The first-order valence-electron chi connectivity index (χ1n) is 6.95. The summed E-state index contributed by atoms with van der Waals surface area (Å²) in [7, 11) is 4.21. The van der Waals surface area contributed by atoms with Crippen molar-refractivity contribution in [2.24, 2.45) is 5.92 Å². The van der Waals surface area contributed by atoms with Crippen molar-refractivity contribution in [3.8, 4) is 0 Å². The van der Waals surface area contributed by atoms with Crippen molar-refractivity contribution in [2.75, 3.05) is 46.9 Å². The third kappa shape index (κ3) is 3.19. The van der Waals surface area contributed by atoms with Gasteiger partial charge in [0.1, 0.15) is 0 Å². The predicted molar refractivity (Wildman–Crippen MR) is 70.1 cm³/mol. The van der Waals surface area contributed by atoms with Gasteiger partial charge in [0, 0.05) is 25.2 Å². The fourth-order valence-electron chi connectivity index (χ4n) is 3.45. The SMILES string of the molecule is CNC(CO)CN1CCC2C(CCCN2C)C1. The Morgan fingerprint density at radius 1 is 1.35 bits per heavy atom. The van der Waals surface area contributed by atoms with E-state index in [-0.39, 0.29) is 12.6 Å². The second kappa shape index (κ2) is 6.14. The van der Waals surface area contributed by atoms with Crippen LogP contribution in [0.15, 0.2) is 0 Å². The topological polar surface area (TPSA) is 38.7 Å². The van der Waals surface area contributed by atoms with Crippen LogP contribution in [-0.2, 0) is 0 Å². The highest BCUT2D eigenvalue weighted by atomic mass is 16.3. The molecular formula is C13H27N3O. The minimum Gasteiger partial charge on any atom is -0.395 e. The largest absolute Gasteiger partial charge is 0.395 e. The molecule has 3 unspecified atom stereocenters. The second-order valence-electron chi connectivity index (χ2n) is 5.67. The molecular weight excluding hydrogens is 214 g/mol.